The zero-order valence-corrected chi connectivity index (χ0v) is 17.1. The van der Waals surface area contributed by atoms with E-state index >= 15 is 0 Å². The topological polar surface area (TPSA) is 63.9 Å². The van der Waals surface area contributed by atoms with E-state index in [-0.39, 0.29) is 5.91 Å². The minimum Gasteiger partial charge on any atom is -0.276 e. The van der Waals surface area contributed by atoms with Gasteiger partial charge in [-0.1, -0.05) is 23.5 Å². The number of anilines is 1. The van der Waals surface area contributed by atoms with Crippen molar-refractivity contribution in [2.24, 2.45) is 7.05 Å². The van der Waals surface area contributed by atoms with Gasteiger partial charge in [-0.05, 0) is 50.1 Å². The molecule has 0 atom stereocenters. The zero-order chi connectivity index (χ0) is 19.8. The maximum Gasteiger partial charge on any atom is 0.281 e. The molecule has 3 heterocycles. The average molecular weight is 392 g/mol. The molecule has 6 nitrogen and oxygen atoms in total. The van der Waals surface area contributed by atoms with E-state index in [2.05, 4.69) is 36.1 Å². The Hall–Kier alpha value is -3.06. The molecule has 4 rings (SSSR count). The molecule has 0 spiro atoms. The van der Waals surface area contributed by atoms with Crippen LogP contribution in [-0.2, 0) is 13.6 Å². The molecule has 4 aromatic rings. The predicted molar refractivity (Wildman–Crippen MR) is 112 cm³/mol. The summed E-state index contributed by atoms with van der Waals surface area (Å²) >= 11 is 1.53. The van der Waals surface area contributed by atoms with Crippen molar-refractivity contribution >= 4 is 32.6 Å². The van der Waals surface area contributed by atoms with Crippen LogP contribution in [0, 0.1) is 20.8 Å². The molecule has 0 radical (unpaired) electrons. The van der Waals surface area contributed by atoms with Gasteiger partial charge >= 0.3 is 0 Å². The van der Waals surface area contributed by atoms with Crippen LogP contribution in [0.2, 0.25) is 0 Å². The number of fused-ring (bicyclic) bond motifs is 1. The van der Waals surface area contributed by atoms with Crippen molar-refractivity contribution in [3.8, 4) is 0 Å². The van der Waals surface area contributed by atoms with E-state index in [1.807, 2.05) is 38.4 Å². The lowest BCUT2D eigenvalue weighted by Gasteiger charge is -2.18. The molecule has 0 aliphatic heterocycles. The largest absolute Gasteiger partial charge is 0.281 e. The quantitative estimate of drug-likeness (QED) is 0.523. The van der Waals surface area contributed by atoms with Crippen molar-refractivity contribution in [1.82, 2.24) is 19.7 Å². The lowest BCUT2D eigenvalue weighted by molar-refractivity contribution is 0.0978. The van der Waals surface area contributed by atoms with Crippen LogP contribution >= 0.6 is 11.3 Å². The van der Waals surface area contributed by atoms with Gasteiger partial charge in [0, 0.05) is 25.0 Å². The number of hydrogen-bond donors (Lipinski definition) is 0. The van der Waals surface area contributed by atoms with E-state index in [4.69, 9.17) is 4.98 Å². The first-order valence-corrected chi connectivity index (χ1v) is 9.84. The van der Waals surface area contributed by atoms with Crippen LogP contribution in [0.1, 0.15) is 32.9 Å². The summed E-state index contributed by atoms with van der Waals surface area (Å²) in [6.45, 7) is 6.36. The Morgan fingerprint density at radius 1 is 1.18 bits per heavy atom. The zero-order valence-electron chi connectivity index (χ0n) is 16.3. The summed E-state index contributed by atoms with van der Waals surface area (Å²) in [5, 5.41) is 5.02. The van der Waals surface area contributed by atoms with Crippen molar-refractivity contribution in [3.05, 3.63) is 70.8 Å². The van der Waals surface area contributed by atoms with Gasteiger partial charge < -0.3 is 0 Å². The van der Waals surface area contributed by atoms with Gasteiger partial charge in [0.1, 0.15) is 0 Å². The third-order valence-electron chi connectivity index (χ3n) is 4.55. The first-order valence-electron chi connectivity index (χ1n) is 9.02. The van der Waals surface area contributed by atoms with Crippen molar-refractivity contribution in [3.63, 3.8) is 0 Å². The molecule has 0 fully saturated rings. The second-order valence-corrected chi connectivity index (χ2v) is 7.95. The molecule has 1 amide bonds. The van der Waals surface area contributed by atoms with Crippen LogP contribution in [0.15, 0.2) is 42.7 Å². The second-order valence-electron chi connectivity index (χ2n) is 6.97. The summed E-state index contributed by atoms with van der Waals surface area (Å²) in [6, 6.07) is 9.88. The number of aryl methyl sites for hydroxylation is 4. The van der Waals surface area contributed by atoms with Crippen molar-refractivity contribution in [1.29, 1.82) is 0 Å². The van der Waals surface area contributed by atoms with E-state index in [1.54, 1.807) is 15.8 Å². The number of carbonyl (C=O) groups is 1. The Kier molecular flexibility index (Phi) is 4.68. The van der Waals surface area contributed by atoms with Gasteiger partial charge in [-0.3, -0.25) is 19.4 Å². The molecule has 28 heavy (non-hydrogen) atoms. The Bertz CT molecular complexity index is 1160. The van der Waals surface area contributed by atoms with E-state index in [0.29, 0.717) is 17.4 Å². The van der Waals surface area contributed by atoms with Crippen LogP contribution in [0.3, 0.4) is 0 Å². The maximum atomic E-state index is 13.4. The normalized spacial score (nSPS) is 11.1. The number of carbonyl (C=O) groups excluding carboxylic acids is 1. The van der Waals surface area contributed by atoms with Gasteiger partial charge in [0.15, 0.2) is 10.8 Å². The van der Waals surface area contributed by atoms with Gasteiger partial charge in [0.05, 0.1) is 22.5 Å². The fourth-order valence-electron chi connectivity index (χ4n) is 3.31. The van der Waals surface area contributed by atoms with Gasteiger partial charge in [-0.15, -0.1) is 0 Å². The van der Waals surface area contributed by atoms with Gasteiger partial charge in [0.25, 0.3) is 5.91 Å². The minimum absolute atomic E-state index is 0.169. The third kappa shape index (κ3) is 3.41. The fraction of sp³-hybridized carbons (Fsp3) is 0.238. The van der Waals surface area contributed by atoms with E-state index < -0.39 is 0 Å². The molecule has 7 heteroatoms. The summed E-state index contributed by atoms with van der Waals surface area (Å²) in [5.74, 6) is -0.169. The molecule has 0 saturated heterocycles. The number of aromatic nitrogens is 4. The highest BCUT2D eigenvalue weighted by Crippen LogP contribution is 2.33. The number of hydrogen-bond acceptors (Lipinski definition) is 5. The van der Waals surface area contributed by atoms with Gasteiger partial charge in [0.2, 0.25) is 0 Å². The fourth-order valence-corrected chi connectivity index (χ4v) is 4.32. The second kappa shape index (κ2) is 7.16. The molecule has 0 aliphatic rings. The van der Waals surface area contributed by atoms with Crippen LogP contribution in [0.5, 0.6) is 0 Å². The van der Waals surface area contributed by atoms with Crippen LogP contribution in [0.4, 0.5) is 5.13 Å². The molecule has 3 aromatic heterocycles. The molecule has 0 N–H and O–H groups in total. The first-order chi connectivity index (χ1) is 13.4. The Morgan fingerprint density at radius 3 is 2.68 bits per heavy atom. The van der Waals surface area contributed by atoms with Crippen LogP contribution < -0.4 is 4.90 Å². The molecular weight excluding hydrogens is 370 g/mol. The van der Waals surface area contributed by atoms with Crippen LogP contribution in [-0.4, -0.2) is 25.7 Å². The number of benzene rings is 1. The van der Waals surface area contributed by atoms with Crippen molar-refractivity contribution in [2.75, 3.05) is 4.90 Å². The van der Waals surface area contributed by atoms with Gasteiger partial charge in [-0.2, -0.15) is 5.10 Å². The van der Waals surface area contributed by atoms with Gasteiger partial charge in [-0.25, -0.2) is 4.98 Å². The number of thiazole rings is 1. The maximum absolute atomic E-state index is 13.4. The number of pyridine rings is 1. The highest BCUT2D eigenvalue weighted by molar-refractivity contribution is 7.22. The number of amides is 1. The molecule has 0 aliphatic carbocycles. The summed E-state index contributed by atoms with van der Waals surface area (Å²) < 4.78 is 2.75. The summed E-state index contributed by atoms with van der Waals surface area (Å²) in [5.41, 5.74) is 5.31. The molecule has 142 valence electrons. The van der Waals surface area contributed by atoms with Crippen molar-refractivity contribution in [2.45, 2.75) is 27.3 Å². The summed E-state index contributed by atoms with van der Waals surface area (Å²) in [4.78, 5) is 24.2. The molecule has 0 bridgehead atoms. The predicted octanol–water partition coefficient (Wildman–Crippen LogP) is 4.20. The van der Waals surface area contributed by atoms with Crippen LogP contribution in [0.25, 0.3) is 10.2 Å². The highest BCUT2D eigenvalue weighted by atomic mass is 32.1. The van der Waals surface area contributed by atoms with E-state index in [0.717, 1.165) is 32.6 Å². The van der Waals surface area contributed by atoms with Crippen molar-refractivity contribution < 1.29 is 4.79 Å². The highest BCUT2D eigenvalue weighted by Gasteiger charge is 2.26. The summed E-state index contributed by atoms with van der Waals surface area (Å²) in [7, 11) is 1.82. The lowest BCUT2D eigenvalue weighted by Crippen LogP contribution is -2.31. The smallest absolute Gasteiger partial charge is 0.276 e. The lowest BCUT2D eigenvalue weighted by atomic mass is 10.1. The molecule has 0 saturated carbocycles. The van der Waals surface area contributed by atoms with E-state index in [9.17, 15) is 4.79 Å². The molecule has 0 unspecified atom stereocenters. The Morgan fingerprint density at radius 2 is 2.00 bits per heavy atom. The Labute approximate surface area is 167 Å². The Balaban J connectivity index is 1.82. The monoisotopic (exact) mass is 391 g/mol. The first kappa shape index (κ1) is 18.3. The number of rotatable bonds is 4. The molecule has 1 aromatic carbocycles. The molecular formula is C21H21N5OS. The summed E-state index contributed by atoms with van der Waals surface area (Å²) in [6.07, 6.45) is 3.58. The van der Waals surface area contributed by atoms with E-state index in [1.165, 1.54) is 11.3 Å². The standard InChI is InChI=1S/C21H21N5OS/c1-13-9-14(2)19-17(10-13)23-21(28-19)26(12-16-7-5-6-8-22-16)20(27)18-15(3)11-25(4)24-18/h5-11H,12H2,1-4H3. The minimum atomic E-state index is -0.169. The number of nitrogens with zero attached hydrogens (tertiary/aromatic N) is 5. The average Bonchev–Trinajstić information content (AvgIpc) is 3.22. The third-order valence-corrected chi connectivity index (χ3v) is 5.77. The SMILES string of the molecule is Cc1cc(C)c2sc(N(Cc3ccccn3)C(=O)c3nn(C)cc3C)nc2c1.